The Bertz CT molecular complexity index is 2410. The van der Waals surface area contributed by atoms with E-state index in [9.17, 15) is 4.79 Å². The van der Waals surface area contributed by atoms with E-state index in [2.05, 4.69) is 92.5 Å². The van der Waals surface area contributed by atoms with Gasteiger partial charge in [-0.1, -0.05) is 106 Å². The van der Waals surface area contributed by atoms with E-state index in [4.69, 9.17) is 14.5 Å². The summed E-state index contributed by atoms with van der Waals surface area (Å²) in [6.07, 6.45) is 3.69. The summed E-state index contributed by atoms with van der Waals surface area (Å²) >= 11 is 8.71. The Balaban J connectivity index is 1.20. The Morgan fingerprint density at radius 1 is 0.936 bits per heavy atom. The van der Waals surface area contributed by atoms with Crippen LogP contribution in [0.3, 0.4) is 0 Å². The van der Waals surface area contributed by atoms with Crippen molar-refractivity contribution < 1.29 is 9.47 Å². The fraction of sp³-hybridized carbons (Fsp3) is 0.128. The smallest absolute Gasteiger partial charge is 0.271 e. The zero-order valence-electron chi connectivity index (χ0n) is 25.4. The molecule has 0 spiro atoms. The van der Waals surface area contributed by atoms with E-state index in [1.165, 1.54) is 27.9 Å². The number of hydrogen-bond acceptors (Lipinski definition) is 5. The molecule has 0 radical (unpaired) electrons. The maximum absolute atomic E-state index is 14.2. The van der Waals surface area contributed by atoms with Crippen molar-refractivity contribution in [1.82, 2.24) is 4.57 Å². The van der Waals surface area contributed by atoms with Gasteiger partial charge in [-0.15, -0.1) is 0 Å². The molecule has 1 aliphatic carbocycles. The van der Waals surface area contributed by atoms with Crippen molar-refractivity contribution in [3.63, 3.8) is 0 Å². The van der Waals surface area contributed by atoms with E-state index in [0.717, 1.165) is 55.1 Å². The molecule has 1 atom stereocenters. The van der Waals surface area contributed by atoms with Gasteiger partial charge < -0.3 is 9.47 Å². The lowest BCUT2D eigenvalue weighted by Crippen LogP contribution is -2.38. The second-order valence-corrected chi connectivity index (χ2v) is 14.4. The summed E-state index contributed by atoms with van der Waals surface area (Å²) in [5, 5.41) is 2.33. The fourth-order valence-electron chi connectivity index (χ4n) is 6.65. The van der Waals surface area contributed by atoms with Gasteiger partial charge >= 0.3 is 0 Å². The summed E-state index contributed by atoms with van der Waals surface area (Å²) in [7, 11) is 1.63. The number of aromatic nitrogens is 1. The third kappa shape index (κ3) is 5.48. The Labute approximate surface area is 292 Å². The van der Waals surface area contributed by atoms with Gasteiger partial charge in [-0.2, -0.15) is 0 Å². The molecule has 0 fully saturated rings. The van der Waals surface area contributed by atoms with Crippen molar-refractivity contribution in [3.8, 4) is 11.5 Å². The lowest BCUT2D eigenvalue weighted by atomic mass is 9.83. The molecule has 0 bridgehead atoms. The maximum atomic E-state index is 14.2. The van der Waals surface area contributed by atoms with Crippen molar-refractivity contribution in [3.05, 3.63) is 165 Å². The molecule has 232 valence electrons. The summed E-state index contributed by atoms with van der Waals surface area (Å²) in [4.78, 5) is 20.1. The van der Waals surface area contributed by atoms with Gasteiger partial charge in [0.25, 0.3) is 5.56 Å². The quantitative estimate of drug-likeness (QED) is 0.171. The van der Waals surface area contributed by atoms with Crippen LogP contribution >= 0.6 is 43.2 Å². The average molecular weight is 765 g/mol. The molecule has 0 N–H and O–H groups in total. The van der Waals surface area contributed by atoms with Crippen molar-refractivity contribution in [2.24, 2.45) is 4.99 Å². The number of halogens is 2. The molecule has 2 heterocycles. The molecule has 6 aromatic rings. The third-order valence-electron chi connectivity index (χ3n) is 8.86. The van der Waals surface area contributed by atoms with Crippen LogP contribution in [0.5, 0.6) is 11.5 Å². The van der Waals surface area contributed by atoms with Gasteiger partial charge in [0.05, 0.1) is 27.9 Å². The van der Waals surface area contributed by atoms with Crippen LogP contribution in [0.4, 0.5) is 0 Å². The van der Waals surface area contributed by atoms with Crippen LogP contribution in [0, 0.1) is 0 Å². The molecule has 5 nitrogen and oxygen atoms in total. The number of methoxy groups -OCH3 is 1. The highest BCUT2D eigenvalue weighted by Crippen LogP contribution is 2.42. The molecule has 1 aromatic heterocycles. The first kappa shape index (κ1) is 30.1. The second kappa shape index (κ2) is 12.4. The van der Waals surface area contributed by atoms with Gasteiger partial charge in [-0.25, -0.2) is 4.99 Å². The monoisotopic (exact) mass is 762 g/mol. The predicted octanol–water partition coefficient (Wildman–Crippen LogP) is 8.58. The van der Waals surface area contributed by atoms with Crippen LogP contribution in [-0.4, -0.2) is 11.7 Å². The van der Waals surface area contributed by atoms with Gasteiger partial charge in [-0.05, 0) is 97.7 Å². The van der Waals surface area contributed by atoms with Crippen LogP contribution < -0.4 is 24.4 Å². The first-order valence-corrected chi connectivity index (χ1v) is 17.7. The number of rotatable bonds is 6. The van der Waals surface area contributed by atoms with E-state index in [0.29, 0.717) is 27.4 Å². The highest BCUT2D eigenvalue weighted by Gasteiger charge is 2.32. The molecule has 2 aliphatic rings. The van der Waals surface area contributed by atoms with E-state index < -0.39 is 0 Å². The summed E-state index contributed by atoms with van der Waals surface area (Å²) in [5.74, 6) is 1.19. The Hall–Kier alpha value is -4.24. The van der Waals surface area contributed by atoms with Crippen LogP contribution in [0.15, 0.2) is 127 Å². The molecule has 0 saturated heterocycles. The number of aryl methyl sites for hydroxylation is 1. The SMILES string of the molecule is COc1cc(/C=c2\sc3n(c2=O)[C@@H](c2ccc(Br)cc2)C2=C(N=3)c3ccccc3CC2)cc(Br)c1OCc1cccc2ccccc12. The van der Waals surface area contributed by atoms with E-state index >= 15 is 0 Å². The van der Waals surface area contributed by atoms with E-state index in [1.807, 2.05) is 53.1 Å². The molecule has 0 saturated carbocycles. The predicted molar refractivity (Wildman–Crippen MR) is 196 cm³/mol. The number of hydrogen-bond donors (Lipinski definition) is 0. The Morgan fingerprint density at radius 2 is 1.72 bits per heavy atom. The molecule has 47 heavy (non-hydrogen) atoms. The summed E-state index contributed by atoms with van der Waals surface area (Å²) < 4.78 is 16.4. The molecule has 0 unspecified atom stereocenters. The van der Waals surface area contributed by atoms with Crippen LogP contribution in [0.2, 0.25) is 0 Å². The summed E-state index contributed by atoms with van der Waals surface area (Å²) in [6.45, 7) is 0.387. The van der Waals surface area contributed by atoms with Crippen LogP contribution in [-0.2, 0) is 13.0 Å². The highest BCUT2D eigenvalue weighted by molar-refractivity contribution is 9.10. The molecular weight excluding hydrogens is 736 g/mol. The minimum absolute atomic E-state index is 0.0570. The summed E-state index contributed by atoms with van der Waals surface area (Å²) in [5.41, 5.74) is 7.55. The lowest BCUT2D eigenvalue weighted by molar-refractivity contribution is 0.283. The first-order chi connectivity index (χ1) is 23.0. The van der Waals surface area contributed by atoms with E-state index in [-0.39, 0.29) is 11.6 Å². The zero-order chi connectivity index (χ0) is 32.1. The number of thiazole rings is 1. The maximum Gasteiger partial charge on any atom is 0.271 e. The lowest BCUT2D eigenvalue weighted by Gasteiger charge is -2.30. The zero-order valence-corrected chi connectivity index (χ0v) is 29.4. The molecule has 8 rings (SSSR count). The number of ether oxygens (including phenoxy) is 2. The number of nitrogens with zero attached hydrogens (tertiary/aromatic N) is 2. The highest BCUT2D eigenvalue weighted by atomic mass is 79.9. The van der Waals surface area contributed by atoms with Crippen LogP contribution in [0.1, 0.15) is 40.3 Å². The minimum atomic E-state index is -0.226. The minimum Gasteiger partial charge on any atom is -0.493 e. The standard InChI is InChI=1S/C39H28Br2N2O3S/c1-45-33-20-23(19-32(41)37(33)46-22-27-10-6-9-24-7-2-4-11-29(24)27)21-34-38(44)43-36(26-13-16-28(40)17-14-26)31-18-15-25-8-3-5-12-30(25)35(31)42-39(43)47-34/h2-14,16-17,19-21,36H,15,18,22H2,1H3/b34-21-/t36-/m0/s1. The van der Waals surface area contributed by atoms with Gasteiger partial charge in [0.1, 0.15) is 6.61 Å². The third-order valence-corrected chi connectivity index (χ3v) is 11.0. The van der Waals surface area contributed by atoms with E-state index in [1.54, 1.807) is 7.11 Å². The van der Waals surface area contributed by atoms with Gasteiger partial charge in [0.2, 0.25) is 0 Å². The average Bonchev–Trinajstić information content (AvgIpc) is 3.40. The second-order valence-electron chi connectivity index (χ2n) is 11.6. The van der Waals surface area contributed by atoms with Gasteiger partial charge in [0.15, 0.2) is 16.3 Å². The van der Waals surface area contributed by atoms with Crippen molar-refractivity contribution in [2.45, 2.75) is 25.5 Å². The molecule has 8 heteroatoms. The largest absolute Gasteiger partial charge is 0.493 e. The summed E-state index contributed by atoms with van der Waals surface area (Å²) in [6, 6.07) is 34.9. The molecule has 1 aliphatic heterocycles. The van der Waals surface area contributed by atoms with Crippen molar-refractivity contribution in [1.29, 1.82) is 0 Å². The van der Waals surface area contributed by atoms with Gasteiger partial charge in [-0.3, -0.25) is 9.36 Å². The number of allylic oxidation sites excluding steroid dienone is 1. The van der Waals surface area contributed by atoms with Crippen LogP contribution in [0.25, 0.3) is 22.5 Å². The topological polar surface area (TPSA) is 52.8 Å². The molecule has 5 aromatic carbocycles. The Kier molecular flexibility index (Phi) is 7.95. The normalized spacial score (nSPS) is 15.6. The number of benzene rings is 5. The fourth-order valence-corrected chi connectivity index (χ4v) is 8.49. The number of fused-ring (bicyclic) bond motifs is 4. The van der Waals surface area contributed by atoms with Crippen molar-refractivity contribution >= 4 is 65.7 Å². The Morgan fingerprint density at radius 3 is 2.57 bits per heavy atom. The molecule has 0 amide bonds. The van der Waals surface area contributed by atoms with Crippen molar-refractivity contribution in [2.75, 3.05) is 7.11 Å². The first-order valence-electron chi connectivity index (χ1n) is 15.3. The van der Waals surface area contributed by atoms with Gasteiger partial charge in [0, 0.05) is 10.0 Å². The molecular formula is C39H28Br2N2O3S.